The summed E-state index contributed by atoms with van der Waals surface area (Å²) >= 11 is 1.65. The summed E-state index contributed by atoms with van der Waals surface area (Å²) < 4.78 is 14.2. The predicted molar refractivity (Wildman–Crippen MR) is 86.2 cm³/mol. The standard InChI is InChI=1S/C17H21FN2S/c1-3-9-19-14-5-4-6-15-16(14)20-17(21-15)12-8-7-11(2)10-13(12)18/h7-8,10,14,19H,3-6,9H2,1-2H3. The molecule has 1 atom stereocenters. The van der Waals surface area contributed by atoms with Crippen molar-refractivity contribution in [2.24, 2.45) is 0 Å². The van der Waals surface area contributed by atoms with Crippen LogP contribution in [0.2, 0.25) is 0 Å². The van der Waals surface area contributed by atoms with E-state index in [1.807, 2.05) is 19.1 Å². The van der Waals surface area contributed by atoms with Crippen LogP contribution in [-0.4, -0.2) is 11.5 Å². The van der Waals surface area contributed by atoms with Gasteiger partial charge in [0.1, 0.15) is 10.8 Å². The van der Waals surface area contributed by atoms with Crippen molar-refractivity contribution in [2.75, 3.05) is 6.54 Å². The van der Waals surface area contributed by atoms with E-state index in [2.05, 4.69) is 12.2 Å². The molecule has 112 valence electrons. The topological polar surface area (TPSA) is 24.9 Å². The first-order valence-electron chi connectivity index (χ1n) is 7.68. The maximum Gasteiger partial charge on any atom is 0.133 e. The van der Waals surface area contributed by atoms with Crippen molar-refractivity contribution in [3.63, 3.8) is 0 Å². The van der Waals surface area contributed by atoms with Crippen molar-refractivity contribution >= 4 is 11.3 Å². The Morgan fingerprint density at radius 1 is 1.43 bits per heavy atom. The second-order valence-electron chi connectivity index (χ2n) is 5.71. The minimum Gasteiger partial charge on any atom is -0.309 e. The summed E-state index contributed by atoms with van der Waals surface area (Å²) in [5.41, 5.74) is 2.73. The van der Waals surface area contributed by atoms with Gasteiger partial charge < -0.3 is 5.32 Å². The number of nitrogens with zero attached hydrogens (tertiary/aromatic N) is 1. The van der Waals surface area contributed by atoms with Crippen LogP contribution in [0, 0.1) is 12.7 Å². The molecule has 0 spiro atoms. The lowest BCUT2D eigenvalue weighted by atomic mass is 9.97. The van der Waals surface area contributed by atoms with Gasteiger partial charge in [-0.2, -0.15) is 0 Å². The molecule has 0 saturated carbocycles. The number of aromatic nitrogens is 1. The number of aryl methyl sites for hydroxylation is 2. The number of benzene rings is 1. The largest absolute Gasteiger partial charge is 0.309 e. The van der Waals surface area contributed by atoms with Crippen molar-refractivity contribution in [3.05, 3.63) is 40.2 Å². The minimum atomic E-state index is -0.167. The molecule has 0 bridgehead atoms. The van der Waals surface area contributed by atoms with Crippen molar-refractivity contribution in [1.29, 1.82) is 0 Å². The summed E-state index contributed by atoms with van der Waals surface area (Å²) in [5.74, 6) is -0.167. The Bertz CT molecular complexity index is 636. The highest BCUT2D eigenvalue weighted by molar-refractivity contribution is 7.15. The average molecular weight is 304 g/mol. The molecule has 0 radical (unpaired) electrons. The number of fused-ring (bicyclic) bond motifs is 1. The Balaban J connectivity index is 1.94. The van der Waals surface area contributed by atoms with E-state index in [0.717, 1.165) is 42.1 Å². The molecule has 1 aromatic heterocycles. The molecule has 1 unspecified atom stereocenters. The minimum absolute atomic E-state index is 0.167. The van der Waals surface area contributed by atoms with Crippen LogP contribution in [0.15, 0.2) is 18.2 Å². The number of nitrogens with one attached hydrogen (secondary N) is 1. The fourth-order valence-corrected chi connectivity index (χ4v) is 4.04. The molecule has 1 aromatic carbocycles. The van der Waals surface area contributed by atoms with Gasteiger partial charge in [0, 0.05) is 10.4 Å². The van der Waals surface area contributed by atoms with Crippen LogP contribution in [0.1, 0.15) is 48.4 Å². The monoisotopic (exact) mass is 304 g/mol. The molecule has 3 rings (SSSR count). The van der Waals surface area contributed by atoms with E-state index in [4.69, 9.17) is 4.98 Å². The molecule has 0 aliphatic heterocycles. The van der Waals surface area contributed by atoms with E-state index in [9.17, 15) is 4.39 Å². The molecule has 0 saturated heterocycles. The molecule has 4 heteroatoms. The highest BCUT2D eigenvalue weighted by Crippen LogP contribution is 2.37. The van der Waals surface area contributed by atoms with Gasteiger partial charge in [-0.15, -0.1) is 11.3 Å². The maximum atomic E-state index is 14.2. The summed E-state index contributed by atoms with van der Waals surface area (Å²) in [7, 11) is 0. The third-order valence-electron chi connectivity index (χ3n) is 3.95. The zero-order chi connectivity index (χ0) is 14.8. The lowest BCUT2D eigenvalue weighted by molar-refractivity contribution is 0.454. The van der Waals surface area contributed by atoms with Gasteiger partial charge in [0.05, 0.1) is 11.7 Å². The van der Waals surface area contributed by atoms with E-state index in [0.29, 0.717) is 11.6 Å². The Morgan fingerprint density at radius 3 is 3.05 bits per heavy atom. The van der Waals surface area contributed by atoms with Crippen molar-refractivity contribution in [3.8, 4) is 10.6 Å². The molecular weight excluding hydrogens is 283 g/mol. The molecule has 1 N–H and O–H groups in total. The fraction of sp³-hybridized carbons (Fsp3) is 0.471. The highest BCUT2D eigenvalue weighted by Gasteiger charge is 2.25. The van der Waals surface area contributed by atoms with Crippen LogP contribution in [0.25, 0.3) is 10.6 Å². The van der Waals surface area contributed by atoms with E-state index < -0.39 is 0 Å². The fourth-order valence-electron chi connectivity index (χ4n) is 2.84. The van der Waals surface area contributed by atoms with Gasteiger partial charge in [-0.3, -0.25) is 0 Å². The highest BCUT2D eigenvalue weighted by atomic mass is 32.1. The summed E-state index contributed by atoms with van der Waals surface area (Å²) in [6.45, 7) is 5.09. The third kappa shape index (κ3) is 3.01. The summed E-state index contributed by atoms with van der Waals surface area (Å²) in [5, 5.41) is 4.39. The maximum absolute atomic E-state index is 14.2. The van der Waals surface area contributed by atoms with Gasteiger partial charge in [-0.1, -0.05) is 13.0 Å². The van der Waals surface area contributed by atoms with Crippen LogP contribution >= 0.6 is 11.3 Å². The van der Waals surface area contributed by atoms with Gasteiger partial charge in [0.15, 0.2) is 0 Å². The van der Waals surface area contributed by atoms with Gasteiger partial charge >= 0.3 is 0 Å². The summed E-state index contributed by atoms with van der Waals surface area (Å²) in [4.78, 5) is 6.09. The molecular formula is C17H21FN2S. The van der Waals surface area contributed by atoms with Crippen molar-refractivity contribution in [1.82, 2.24) is 10.3 Å². The third-order valence-corrected chi connectivity index (χ3v) is 5.11. The number of thiazole rings is 1. The average Bonchev–Trinajstić information content (AvgIpc) is 2.89. The van der Waals surface area contributed by atoms with E-state index in [1.165, 1.54) is 11.3 Å². The number of rotatable bonds is 4. The zero-order valence-electron chi connectivity index (χ0n) is 12.6. The van der Waals surface area contributed by atoms with Crippen LogP contribution < -0.4 is 5.32 Å². The lowest BCUT2D eigenvalue weighted by Gasteiger charge is -2.22. The van der Waals surface area contributed by atoms with Gasteiger partial charge in [0.25, 0.3) is 0 Å². The molecule has 21 heavy (non-hydrogen) atoms. The molecule has 2 nitrogen and oxygen atoms in total. The summed E-state index contributed by atoms with van der Waals surface area (Å²) in [6, 6.07) is 5.73. The van der Waals surface area contributed by atoms with E-state index >= 15 is 0 Å². The molecule has 0 fully saturated rings. The molecule has 1 heterocycles. The molecule has 1 aliphatic carbocycles. The summed E-state index contributed by atoms with van der Waals surface area (Å²) in [6.07, 6.45) is 4.51. The zero-order valence-corrected chi connectivity index (χ0v) is 13.4. The molecule has 1 aliphatic rings. The van der Waals surface area contributed by atoms with Gasteiger partial charge in [0.2, 0.25) is 0 Å². The Kier molecular flexibility index (Phi) is 4.36. The van der Waals surface area contributed by atoms with E-state index in [-0.39, 0.29) is 5.82 Å². The smallest absolute Gasteiger partial charge is 0.133 e. The predicted octanol–water partition coefficient (Wildman–Crippen LogP) is 4.63. The normalized spacial score (nSPS) is 17.8. The SMILES string of the molecule is CCCNC1CCCc2sc(-c3ccc(C)cc3F)nc21. The van der Waals surface area contributed by atoms with Crippen LogP contribution in [0.4, 0.5) is 4.39 Å². The lowest BCUT2D eigenvalue weighted by Crippen LogP contribution is -2.25. The quantitative estimate of drug-likeness (QED) is 0.890. The molecule has 2 aromatic rings. The van der Waals surface area contributed by atoms with Crippen LogP contribution in [-0.2, 0) is 6.42 Å². The van der Waals surface area contributed by atoms with Gasteiger partial charge in [-0.25, -0.2) is 9.37 Å². The van der Waals surface area contributed by atoms with Crippen LogP contribution in [0.5, 0.6) is 0 Å². The van der Waals surface area contributed by atoms with Crippen molar-refractivity contribution in [2.45, 2.75) is 45.6 Å². The molecule has 0 amide bonds. The van der Waals surface area contributed by atoms with Crippen LogP contribution in [0.3, 0.4) is 0 Å². The van der Waals surface area contributed by atoms with Crippen molar-refractivity contribution < 1.29 is 4.39 Å². The number of halogens is 1. The first-order valence-corrected chi connectivity index (χ1v) is 8.50. The Morgan fingerprint density at radius 2 is 2.29 bits per heavy atom. The number of hydrogen-bond acceptors (Lipinski definition) is 3. The Labute approximate surface area is 129 Å². The number of hydrogen-bond donors (Lipinski definition) is 1. The first-order chi connectivity index (χ1) is 10.2. The van der Waals surface area contributed by atoms with Gasteiger partial charge in [-0.05, 0) is 56.8 Å². The second kappa shape index (κ2) is 6.24. The Hall–Kier alpha value is -1.26. The first kappa shape index (κ1) is 14.7. The van der Waals surface area contributed by atoms with E-state index in [1.54, 1.807) is 17.4 Å². The second-order valence-corrected chi connectivity index (χ2v) is 6.79.